The van der Waals surface area contributed by atoms with Gasteiger partial charge in [0.2, 0.25) is 6.93 Å². The zero-order valence-electron chi connectivity index (χ0n) is 26.6. The van der Waals surface area contributed by atoms with Crippen LogP contribution < -0.4 is 9.64 Å². The molecule has 0 bridgehead atoms. The normalized spacial score (nSPS) is 18.8. The minimum absolute atomic E-state index is 0.0640. The van der Waals surface area contributed by atoms with Crippen molar-refractivity contribution >= 4 is 23.3 Å². The van der Waals surface area contributed by atoms with E-state index in [-0.39, 0.29) is 18.5 Å². The van der Waals surface area contributed by atoms with Crippen LogP contribution in [0.15, 0.2) is 36.7 Å². The first-order valence-corrected chi connectivity index (χ1v) is 16.5. The Hall–Kier alpha value is -3.36. The van der Waals surface area contributed by atoms with E-state index in [0.717, 1.165) is 85.7 Å². The largest absolute Gasteiger partial charge is 0.461 e. The molecule has 0 spiro atoms. The van der Waals surface area contributed by atoms with Crippen molar-refractivity contribution in [3.63, 3.8) is 0 Å². The third-order valence-corrected chi connectivity index (χ3v) is 9.62. The summed E-state index contributed by atoms with van der Waals surface area (Å²) in [6.07, 6.45) is 8.87. The summed E-state index contributed by atoms with van der Waals surface area (Å²) in [5.74, 6) is -0.965. The molecule has 1 aromatic carbocycles. The molecule has 0 N–H and O–H groups in total. The number of amides is 1. The second-order valence-corrected chi connectivity index (χ2v) is 12.5. The highest BCUT2D eigenvalue weighted by atomic mass is 35.5. The first-order valence-electron chi connectivity index (χ1n) is 16.2. The van der Waals surface area contributed by atoms with Crippen molar-refractivity contribution in [1.82, 2.24) is 19.8 Å². The molecule has 1 atom stereocenters. The molecule has 250 valence electrons. The minimum Gasteiger partial charge on any atom is -0.461 e. The molecule has 3 saturated heterocycles. The van der Waals surface area contributed by atoms with Crippen LogP contribution in [-0.4, -0.2) is 83.5 Å². The molecule has 0 radical (unpaired) electrons. The van der Waals surface area contributed by atoms with Crippen molar-refractivity contribution in [2.75, 3.05) is 51.2 Å². The number of hydrogen-bond donors (Lipinski definition) is 0. The molecule has 0 saturated carbocycles. The van der Waals surface area contributed by atoms with Crippen LogP contribution in [0.25, 0.3) is 0 Å². The maximum absolute atomic E-state index is 13.8. The van der Waals surface area contributed by atoms with Gasteiger partial charge in [0.1, 0.15) is 12.4 Å². The number of aryl methyl sites for hydroxylation is 2. The second kappa shape index (κ2) is 17.0. The molecular weight excluding hydrogens is 617 g/mol. The minimum atomic E-state index is -1.75. The van der Waals surface area contributed by atoms with Crippen molar-refractivity contribution in [3.05, 3.63) is 58.5 Å². The number of nitrogens with zero attached hydrogens (tertiary/aromatic N) is 6. The van der Waals surface area contributed by atoms with Gasteiger partial charge in [0.15, 0.2) is 5.83 Å². The average molecular weight is 661 g/mol. The number of halogens is 4. The number of anilines is 1. The predicted molar refractivity (Wildman–Crippen MR) is 173 cm³/mol. The summed E-state index contributed by atoms with van der Waals surface area (Å²) < 4.78 is 39.5. The molecule has 8 nitrogen and oxygen atoms in total. The molecule has 3 aliphatic heterocycles. The standard InChI is InChI=1S/C33H42ClFN6O2.CH2F2/c1-3-9-27-29(13-6-11-25-10-4-5-12-28(25)34)37-32(43-23-33-15-7-18-40(33)19-8-16-33)38-30(27)39-20-21-41(31(42)24(2)35)26(22-39)14-17-36;2-1-3/h4-5,10,12,26H,2-3,6-9,11,13-16,18-23H2,1H3;1H2. The van der Waals surface area contributed by atoms with Crippen LogP contribution in [0.1, 0.15) is 68.7 Å². The summed E-state index contributed by atoms with van der Waals surface area (Å²) in [6, 6.07) is 10.0. The third-order valence-electron chi connectivity index (χ3n) is 9.25. The predicted octanol–water partition coefficient (Wildman–Crippen LogP) is 6.56. The van der Waals surface area contributed by atoms with E-state index < -0.39 is 24.7 Å². The Bertz CT molecular complexity index is 1380. The molecule has 1 aromatic heterocycles. The smallest absolute Gasteiger partial charge is 0.318 e. The lowest BCUT2D eigenvalue weighted by Crippen LogP contribution is -2.55. The van der Waals surface area contributed by atoms with Crippen LogP contribution >= 0.6 is 11.6 Å². The quantitative estimate of drug-likeness (QED) is 0.238. The molecule has 1 unspecified atom stereocenters. The Labute approximate surface area is 275 Å². The maximum atomic E-state index is 13.8. The highest BCUT2D eigenvalue weighted by molar-refractivity contribution is 6.31. The molecule has 12 heteroatoms. The highest BCUT2D eigenvalue weighted by Crippen LogP contribution is 2.39. The maximum Gasteiger partial charge on any atom is 0.318 e. The van der Waals surface area contributed by atoms with E-state index in [4.69, 9.17) is 26.3 Å². The summed E-state index contributed by atoms with van der Waals surface area (Å²) in [6.45, 7) is 7.49. The van der Waals surface area contributed by atoms with E-state index in [1.54, 1.807) is 0 Å². The molecule has 3 fully saturated rings. The van der Waals surface area contributed by atoms with Crippen LogP contribution in [0.5, 0.6) is 6.01 Å². The Morgan fingerprint density at radius 1 is 1.13 bits per heavy atom. The van der Waals surface area contributed by atoms with Gasteiger partial charge in [-0.1, -0.05) is 49.7 Å². The molecule has 0 aliphatic carbocycles. The van der Waals surface area contributed by atoms with Crippen molar-refractivity contribution in [2.24, 2.45) is 0 Å². The highest BCUT2D eigenvalue weighted by Gasteiger charge is 2.45. The fourth-order valence-corrected chi connectivity index (χ4v) is 7.32. The number of hydrogen-bond acceptors (Lipinski definition) is 7. The fourth-order valence-electron chi connectivity index (χ4n) is 7.09. The first kappa shape index (κ1) is 35.5. The van der Waals surface area contributed by atoms with Gasteiger partial charge in [-0.2, -0.15) is 15.2 Å². The number of ether oxygens (including phenoxy) is 1. The first-order chi connectivity index (χ1) is 22.3. The third kappa shape index (κ3) is 8.51. The van der Waals surface area contributed by atoms with E-state index in [1.807, 2.05) is 18.2 Å². The summed E-state index contributed by atoms with van der Waals surface area (Å²) in [5.41, 5.74) is 3.21. The van der Waals surface area contributed by atoms with Crippen LogP contribution in [0.4, 0.5) is 19.0 Å². The number of carbonyl (C=O) groups is 1. The lowest BCUT2D eigenvalue weighted by Gasteiger charge is -2.41. The summed E-state index contributed by atoms with van der Waals surface area (Å²) in [7, 11) is 0. The van der Waals surface area contributed by atoms with Crippen LogP contribution in [0.2, 0.25) is 5.02 Å². The van der Waals surface area contributed by atoms with Gasteiger partial charge in [-0.15, -0.1) is 0 Å². The van der Waals surface area contributed by atoms with Gasteiger partial charge in [0.05, 0.1) is 29.8 Å². The fraction of sp³-hybridized carbons (Fsp3) is 0.588. The number of alkyl halides is 2. The zero-order chi connectivity index (χ0) is 33.1. The van der Waals surface area contributed by atoms with Gasteiger partial charge >= 0.3 is 6.01 Å². The van der Waals surface area contributed by atoms with Crippen molar-refractivity contribution < 1.29 is 22.7 Å². The number of aromatic nitrogens is 2. The van der Waals surface area contributed by atoms with E-state index in [1.165, 1.54) is 17.7 Å². The monoisotopic (exact) mass is 660 g/mol. The lowest BCUT2D eigenvalue weighted by molar-refractivity contribution is -0.131. The molecular formula is C34H44ClF3N6O2. The lowest BCUT2D eigenvalue weighted by atomic mass is 9.95. The van der Waals surface area contributed by atoms with Crippen LogP contribution in [0, 0.1) is 11.3 Å². The zero-order valence-corrected chi connectivity index (χ0v) is 27.4. The van der Waals surface area contributed by atoms with Gasteiger partial charge in [-0.3, -0.25) is 9.69 Å². The SMILES string of the molecule is C=C(F)C(=O)N1CCN(c2nc(OCC34CCCN3CCC4)nc(CCCc3ccccc3Cl)c2CCC)CC1CC#N.FCF. The Kier molecular flexibility index (Phi) is 13.1. The molecule has 3 aliphatic rings. The van der Waals surface area contributed by atoms with Crippen molar-refractivity contribution in [1.29, 1.82) is 5.26 Å². The molecule has 2 aromatic rings. The molecule has 46 heavy (non-hydrogen) atoms. The van der Waals surface area contributed by atoms with E-state index in [2.05, 4.69) is 35.4 Å². The van der Waals surface area contributed by atoms with E-state index >= 15 is 0 Å². The van der Waals surface area contributed by atoms with Gasteiger partial charge in [0.25, 0.3) is 5.91 Å². The Morgan fingerprint density at radius 3 is 2.50 bits per heavy atom. The number of carbonyl (C=O) groups excluding carboxylic acids is 1. The van der Waals surface area contributed by atoms with Gasteiger partial charge < -0.3 is 14.5 Å². The van der Waals surface area contributed by atoms with Crippen molar-refractivity contribution in [3.8, 4) is 12.1 Å². The van der Waals surface area contributed by atoms with Gasteiger partial charge in [0, 0.05) is 30.2 Å². The molecule has 1 amide bonds. The van der Waals surface area contributed by atoms with Gasteiger partial charge in [-0.25, -0.2) is 13.2 Å². The van der Waals surface area contributed by atoms with Crippen LogP contribution in [-0.2, 0) is 24.1 Å². The van der Waals surface area contributed by atoms with E-state index in [0.29, 0.717) is 25.7 Å². The number of nitriles is 1. The number of fused-ring (bicyclic) bond motifs is 1. The van der Waals surface area contributed by atoms with E-state index in [9.17, 15) is 23.2 Å². The Morgan fingerprint density at radius 2 is 1.85 bits per heavy atom. The summed E-state index contributed by atoms with van der Waals surface area (Å²) >= 11 is 6.44. The summed E-state index contributed by atoms with van der Waals surface area (Å²) in [5, 5.41) is 10.3. The summed E-state index contributed by atoms with van der Waals surface area (Å²) in [4.78, 5) is 28.7. The second-order valence-electron chi connectivity index (χ2n) is 12.1. The number of benzene rings is 1. The number of rotatable bonds is 12. The molecule has 5 rings (SSSR count). The Balaban J connectivity index is 0.00000154. The van der Waals surface area contributed by atoms with Crippen molar-refractivity contribution in [2.45, 2.75) is 82.7 Å². The number of piperazine rings is 1. The molecule has 4 heterocycles. The topological polar surface area (TPSA) is 85.6 Å². The average Bonchev–Trinajstić information content (AvgIpc) is 3.63. The van der Waals surface area contributed by atoms with Gasteiger partial charge in [-0.05, 0) is 76.1 Å². The van der Waals surface area contributed by atoms with Crippen LogP contribution in [0.3, 0.4) is 0 Å².